The highest BCUT2D eigenvalue weighted by molar-refractivity contribution is 9.10. The summed E-state index contributed by atoms with van der Waals surface area (Å²) in [6, 6.07) is 15.6. The first kappa shape index (κ1) is 25.7. The summed E-state index contributed by atoms with van der Waals surface area (Å²) < 4.78 is 14.1. The van der Waals surface area contributed by atoms with Crippen LogP contribution in [0.15, 0.2) is 84.5 Å². The summed E-state index contributed by atoms with van der Waals surface area (Å²) >= 11 is 17.2. The number of allylic oxidation sites excluding steroid dienone is 1. The average Bonchev–Trinajstić information content (AvgIpc) is 3.45. The van der Waals surface area contributed by atoms with Gasteiger partial charge in [0.15, 0.2) is 4.80 Å². The van der Waals surface area contributed by atoms with Crippen molar-refractivity contribution in [2.24, 2.45) is 4.99 Å². The predicted molar refractivity (Wildman–Crippen MR) is 149 cm³/mol. The Morgan fingerprint density at radius 2 is 1.95 bits per heavy atom. The summed E-state index contributed by atoms with van der Waals surface area (Å²) in [4.78, 5) is 31.7. The van der Waals surface area contributed by atoms with Gasteiger partial charge in [0.1, 0.15) is 11.5 Å². The average molecular weight is 618 g/mol. The number of benzene rings is 2. The summed E-state index contributed by atoms with van der Waals surface area (Å²) in [6.45, 7) is 3.71. The van der Waals surface area contributed by atoms with Crippen molar-refractivity contribution in [2.75, 3.05) is 6.61 Å². The fraction of sp³-hybridized carbons (Fsp3) is 0.148. The van der Waals surface area contributed by atoms with E-state index in [4.69, 9.17) is 32.4 Å². The highest BCUT2D eigenvalue weighted by Crippen LogP contribution is 2.35. The van der Waals surface area contributed by atoms with Gasteiger partial charge < -0.3 is 9.15 Å². The number of halogens is 3. The van der Waals surface area contributed by atoms with Crippen molar-refractivity contribution in [1.82, 2.24) is 4.57 Å². The van der Waals surface area contributed by atoms with Crippen LogP contribution in [-0.2, 0) is 9.53 Å². The second kappa shape index (κ2) is 10.5. The van der Waals surface area contributed by atoms with Crippen LogP contribution in [0.3, 0.4) is 0 Å². The number of carbonyl (C=O) groups excluding carboxylic acids is 1. The molecule has 1 aliphatic rings. The third-order valence-corrected chi connectivity index (χ3v) is 8.15. The molecular formula is C27H19BrCl2N2O4S. The highest BCUT2D eigenvalue weighted by atomic mass is 79.9. The summed E-state index contributed by atoms with van der Waals surface area (Å²) in [6.07, 6.45) is 1.66. The molecule has 37 heavy (non-hydrogen) atoms. The molecule has 0 aliphatic carbocycles. The molecule has 10 heteroatoms. The van der Waals surface area contributed by atoms with Gasteiger partial charge in [0.05, 0.1) is 38.5 Å². The van der Waals surface area contributed by atoms with E-state index in [1.807, 2.05) is 30.3 Å². The largest absolute Gasteiger partial charge is 0.463 e. The number of thiazole rings is 1. The standard InChI is InChI=1S/C27H19BrCl2N2O4S/c1-3-35-26(34)22-14(2)31-27-32(24(22)15-7-9-16(28)10-8-15)25(33)21(37-27)13-17-11-12-20(36-17)18-5-4-6-19(29)23(18)30/h4-13,24H,3H2,1-2H3/b21-13-/t24-/m0/s1. The van der Waals surface area contributed by atoms with Crippen LogP contribution in [-0.4, -0.2) is 17.1 Å². The van der Waals surface area contributed by atoms with E-state index in [0.717, 1.165) is 10.0 Å². The minimum Gasteiger partial charge on any atom is -0.463 e. The molecule has 0 saturated carbocycles. The van der Waals surface area contributed by atoms with Crippen molar-refractivity contribution in [2.45, 2.75) is 19.9 Å². The van der Waals surface area contributed by atoms with Crippen LogP contribution >= 0.6 is 50.5 Å². The molecule has 0 spiro atoms. The van der Waals surface area contributed by atoms with Gasteiger partial charge in [0, 0.05) is 16.1 Å². The Bertz CT molecular complexity index is 1730. The third kappa shape index (κ3) is 4.86. The number of fused-ring (bicyclic) bond motifs is 1. The Hall–Kier alpha value is -2.91. The second-order valence-electron chi connectivity index (χ2n) is 8.16. The van der Waals surface area contributed by atoms with E-state index in [-0.39, 0.29) is 12.2 Å². The molecule has 1 aliphatic heterocycles. The molecule has 6 nitrogen and oxygen atoms in total. The normalized spacial score (nSPS) is 15.5. The number of furan rings is 1. The van der Waals surface area contributed by atoms with Crippen molar-refractivity contribution in [3.63, 3.8) is 0 Å². The topological polar surface area (TPSA) is 73.8 Å². The smallest absolute Gasteiger partial charge is 0.338 e. The lowest BCUT2D eigenvalue weighted by atomic mass is 9.96. The molecule has 0 N–H and O–H groups in total. The van der Waals surface area contributed by atoms with E-state index >= 15 is 0 Å². The monoisotopic (exact) mass is 616 g/mol. The van der Waals surface area contributed by atoms with Crippen molar-refractivity contribution in [1.29, 1.82) is 0 Å². The fourth-order valence-electron chi connectivity index (χ4n) is 4.15. The van der Waals surface area contributed by atoms with Gasteiger partial charge in [-0.2, -0.15) is 0 Å². The first-order chi connectivity index (χ1) is 17.8. The van der Waals surface area contributed by atoms with E-state index in [1.165, 1.54) is 15.9 Å². The van der Waals surface area contributed by atoms with E-state index in [2.05, 4.69) is 20.9 Å². The van der Waals surface area contributed by atoms with Crippen molar-refractivity contribution >= 4 is 62.5 Å². The summed E-state index contributed by atoms with van der Waals surface area (Å²) in [5.41, 5.74) is 1.98. The second-order valence-corrected chi connectivity index (χ2v) is 10.9. The zero-order valence-electron chi connectivity index (χ0n) is 19.6. The number of hydrogen-bond donors (Lipinski definition) is 0. The number of rotatable bonds is 5. The van der Waals surface area contributed by atoms with Crippen LogP contribution < -0.4 is 14.9 Å². The SMILES string of the molecule is CCOC(=O)C1=C(C)N=c2s/c(=C\c3ccc(-c4cccc(Cl)c4Cl)o3)c(=O)n2[C@H]1c1ccc(Br)cc1. The van der Waals surface area contributed by atoms with Crippen molar-refractivity contribution in [3.05, 3.63) is 111 Å². The van der Waals surface area contributed by atoms with Gasteiger partial charge in [0.25, 0.3) is 5.56 Å². The zero-order chi connectivity index (χ0) is 26.3. The van der Waals surface area contributed by atoms with Crippen molar-refractivity contribution in [3.8, 4) is 11.3 Å². The predicted octanol–water partition coefficient (Wildman–Crippen LogP) is 6.13. The molecule has 0 bridgehead atoms. The van der Waals surface area contributed by atoms with Gasteiger partial charge in [-0.05, 0) is 55.8 Å². The number of ether oxygens (including phenoxy) is 1. The van der Waals surface area contributed by atoms with Gasteiger partial charge >= 0.3 is 5.97 Å². The minimum atomic E-state index is -0.678. The Morgan fingerprint density at radius 1 is 1.19 bits per heavy atom. The fourth-order valence-corrected chi connectivity index (χ4v) is 5.84. The number of aromatic nitrogens is 1. The maximum atomic E-state index is 13.7. The summed E-state index contributed by atoms with van der Waals surface area (Å²) in [5, 5.41) is 0.812. The van der Waals surface area contributed by atoms with Gasteiger partial charge in [-0.1, -0.05) is 68.7 Å². The Balaban J connectivity index is 1.64. The Morgan fingerprint density at radius 3 is 2.68 bits per heavy atom. The molecule has 2 aromatic heterocycles. The van der Waals surface area contributed by atoms with Crippen LogP contribution in [0, 0.1) is 0 Å². The maximum absolute atomic E-state index is 13.7. The molecule has 3 heterocycles. The number of hydrogen-bond acceptors (Lipinski definition) is 6. The van der Waals surface area contributed by atoms with Crippen LogP contribution in [0.25, 0.3) is 17.4 Å². The molecule has 0 saturated heterocycles. The third-order valence-electron chi connectivity index (χ3n) is 5.82. The van der Waals surface area contributed by atoms with Crippen LogP contribution in [0.5, 0.6) is 0 Å². The van der Waals surface area contributed by atoms with Gasteiger partial charge in [-0.15, -0.1) is 0 Å². The van der Waals surface area contributed by atoms with E-state index < -0.39 is 12.0 Å². The molecule has 5 rings (SSSR count). The highest BCUT2D eigenvalue weighted by Gasteiger charge is 2.33. The summed E-state index contributed by atoms with van der Waals surface area (Å²) in [7, 11) is 0. The van der Waals surface area contributed by atoms with E-state index in [9.17, 15) is 9.59 Å². The molecule has 4 aromatic rings. The lowest BCUT2D eigenvalue weighted by Crippen LogP contribution is -2.39. The molecule has 188 valence electrons. The lowest BCUT2D eigenvalue weighted by molar-refractivity contribution is -0.139. The minimum absolute atomic E-state index is 0.213. The molecule has 0 radical (unpaired) electrons. The lowest BCUT2D eigenvalue weighted by Gasteiger charge is -2.24. The van der Waals surface area contributed by atoms with Crippen LogP contribution in [0.4, 0.5) is 0 Å². The van der Waals surface area contributed by atoms with Gasteiger partial charge in [-0.25, -0.2) is 9.79 Å². The maximum Gasteiger partial charge on any atom is 0.338 e. The Kier molecular flexibility index (Phi) is 7.27. The Labute approximate surface area is 234 Å². The number of esters is 1. The molecule has 0 unspecified atom stereocenters. The van der Waals surface area contributed by atoms with Gasteiger partial charge in [0.2, 0.25) is 0 Å². The summed E-state index contributed by atoms with van der Waals surface area (Å²) in [5.74, 6) is 0.498. The first-order valence-electron chi connectivity index (χ1n) is 11.3. The van der Waals surface area contributed by atoms with E-state index in [1.54, 1.807) is 44.2 Å². The molecule has 0 amide bonds. The van der Waals surface area contributed by atoms with Crippen molar-refractivity contribution < 1.29 is 13.9 Å². The zero-order valence-corrected chi connectivity index (χ0v) is 23.5. The first-order valence-corrected chi connectivity index (χ1v) is 13.6. The van der Waals surface area contributed by atoms with E-state index in [0.29, 0.717) is 47.7 Å². The van der Waals surface area contributed by atoms with Crippen LogP contribution in [0.2, 0.25) is 10.0 Å². The van der Waals surface area contributed by atoms with Crippen LogP contribution in [0.1, 0.15) is 31.2 Å². The molecule has 1 atom stereocenters. The van der Waals surface area contributed by atoms with Gasteiger partial charge in [-0.3, -0.25) is 9.36 Å². The molecule has 2 aromatic carbocycles. The molecule has 0 fully saturated rings. The molecular weight excluding hydrogens is 599 g/mol. The number of nitrogens with zero attached hydrogens (tertiary/aromatic N) is 2. The number of carbonyl (C=O) groups is 1. The quantitative estimate of drug-likeness (QED) is 0.253.